The van der Waals surface area contributed by atoms with E-state index in [2.05, 4.69) is 20.2 Å². The van der Waals surface area contributed by atoms with Gasteiger partial charge < -0.3 is 0 Å². The minimum atomic E-state index is -4.75. The van der Waals surface area contributed by atoms with Gasteiger partial charge in [0.05, 0.1) is 40.8 Å². The number of nitrogens with zero attached hydrogens (tertiary/aromatic N) is 6. The van der Waals surface area contributed by atoms with Gasteiger partial charge in [-0.25, -0.2) is 4.68 Å². The maximum Gasteiger partial charge on any atom is 0.433 e. The highest BCUT2D eigenvalue weighted by molar-refractivity contribution is 5.62. The summed E-state index contributed by atoms with van der Waals surface area (Å²) < 4.78 is 118. The summed E-state index contributed by atoms with van der Waals surface area (Å²) in [6, 6.07) is 5.14. The van der Waals surface area contributed by atoms with Gasteiger partial charge in [-0.05, 0) is 49.1 Å². The quantitative estimate of drug-likeness (QED) is 0.221. The first-order chi connectivity index (χ1) is 20.6. The lowest BCUT2D eigenvalue weighted by molar-refractivity contribution is -0.143. The molecule has 0 N–H and O–H groups in total. The number of halogens is 9. The predicted octanol–water partition coefficient (Wildman–Crippen LogP) is 7.27. The Bertz CT molecular complexity index is 1620. The van der Waals surface area contributed by atoms with E-state index in [1.54, 1.807) is 0 Å². The van der Waals surface area contributed by atoms with Crippen molar-refractivity contribution in [3.63, 3.8) is 0 Å². The molecular formula is C28H25F9N6O. The number of aryl methyl sites for hydroxylation is 1. The maximum atomic E-state index is 13.7. The van der Waals surface area contributed by atoms with E-state index in [0.29, 0.717) is 17.5 Å². The van der Waals surface area contributed by atoms with Crippen LogP contribution in [0.1, 0.15) is 66.1 Å². The van der Waals surface area contributed by atoms with E-state index in [4.69, 9.17) is 0 Å². The molecule has 4 aromatic heterocycles. The molecule has 1 aliphatic rings. The topological polar surface area (TPSA) is 78.5 Å². The summed E-state index contributed by atoms with van der Waals surface area (Å²) in [5.74, 6) is -0.217. The molecule has 0 atom stereocenters. The van der Waals surface area contributed by atoms with Crippen LogP contribution < -0.4 is 5.56 Å². The molecule has 7 nitrogen and oxygen atoms in total. The molecule has 4 heterocycles. The first kappa shape index (κ1) is 32.7. The minimum absolute atomic E-state index is 0.176. The summed E-state index contributed by atoms with van der Waals surface area (Å²) >= 11 is 0. The average molecular weight is 633 g/mol. The first-order valence-corrected chi connectivity index (χ1v) is 13.3. The number of hydrogen-bond acceptors (Lipinski definition) is 5. The Morgan fingerprint density at radius 3 is 2.09 bits per heavy atom. The van der Waals surface area contributed by atoms with Gasteiger partial charge in [0, 0.05) is 31.2 Å². The van der Waals surface area contributed by atoms with Gasteiger partial charge in [-0.3, -0.25) is 19.4 Å². The summed E-state index contributed by atoms with van der Waals surface area (Å²) in [5, 5.41) is 7.74. The van der Waals surface area contributed by atoms with Crippen molar-refractivity contribution < 1.29 is 39.5 Å². The molecule has 5 rings (SSSR count). The second-order valence-corrected chi connectivity index (χ2v) is 10.0. The molecule has 1 aliphatic carbocycles. The number of aromatic nitrogens is 6. The SMILES string of the molecule is Cn1ncc(-c2cc(C3CCCCC3)c(=O)n(Cc3ncccc3C(F)(F)F)n2)c1C(F)(F)F.FC(F)(F)c1ccncc1. The van der Waals surface area contributed by atoms with Gasteiger partial charge >= 0.3 is 18.5 Å². The molecule has 236 valence electrons. The van der Waals surface area contributed by atoms with Crippen molar-refractivity contribution in [2.24, 2.45) is 7.05 Å². The van der Waals surface area contributed by atoms with E-state index in [-0.39, 0.29) is 22.7 Å². The van der Waals surface area contributed by atoms with Crippen LogP contribution >= 0.6 is 0 Å². The fourth-order valence-corrected chi connectivity index (χ4v) is 4.97. The van der Waals surface area contributed by atoms with Crippen molar-refractivity contribution >= 4 is 0 Å². The number of pyridine rings is 2. The average Bonchev–Trinajstić information content (AvgIpc) is 3.37. The van der Waals surface area contributed by atoms with Crippen molar-refractivity contribution in [1.82, 2.24) is 29.5 Å². The molecule has 1 fully saturated rings. The minimum Gasteiger partial charge on any atom is -0.267 e. The first-order valence-electron chi connectivity index (χ1n) is 13.3. The van der Waals surface area contributed by atoms with Crippen molar-refractivity contribution in [2.75, 3.05) is 0 Å². The van der Waals surface area contributed by atoms with Gasteiger partial charge in [-0.1, -0.05) is 19.3 Å². The Morgan fingerprint density at radius 1 is 0.864 bits per heavy atom. The van der Waals surface area contributed by atoms with Crippen LogP contribution in [0.3, 0.4) is 0 Å². The normalized spacial score (nSPS) is 14.7. The van der Waals surface area contributed by atoms with Crippen LogP contribution in [0.15, 0.2) is 59.9 Å². The molecule has 4 aromatic rings. The molecule has 44 heavy (non-hydrogen) atoms. The van der Waals surface area contributed by atoms with Crippen LogP contribution in [0.4, 0.5) is 39.5 Å². The van der Waals surface area contributed by atoms with Gasteiger partial charge in [-0.15, -0.1) is 0 Å². The zero-order valence-electron chi connectivity index (χ0n) is 23.0. The molecule has 16 heteroatoms. The van der Waals surface area contributed by atoms with Gasteiger partial charge in [0.1, 0.15) is 0 Å². The lowest BCUT2D eigenvalue weighted by atomic mass is 9.84. The highest BCUT2D eigenvalue weighted by atomic mass is 19.4. The van der Waals surface area contributed by atoms with Crippen LogP contribution in [0, 0.1) is 0 Å². The van der Waals surface area contributed by atoms with E-state index < -0.39 is 53.1 Å². The lowest BCUT2D eigenvalue weighted by Crippen LogP contribution is -2.30. The van der Waals surface area contributed by atoms with Crippen molar-refractivity contribution in [1.29, 1.82) is 0 Å². The van der Waals surface area contributed by atoms with Crippen molar-refractivity contribution in [2.45, 2.75) is 63.1 Å². The third kappa shape index (κ3) is 7.63. The number of alkyl halides is 9. The van der Waals surface area contributed by atoms with Crippen molar-refractivity contribution in [3.05, 3.63) is 93.6 Å². The summed E-state index contributed by atoms with van der Waals surface area (Å²) in [6.07, 6.45) is -5.34. The Hall–Kier alpha value is -4.24. The van der Waals surface area contributed by atoms with Crippen LogP contribution in [-0.2, 0) is 32.1 Å². The van der Waals surface area contributed by atoms with Crippen LogP contribution in [0.5, 0.6) is 0 Å². The summed E-state index contributed by atoms with van der Waals surface area (Å²) in [7, 11) is 1.13. The Balaban J connectivity index is 0.000000375. The molecule has 0 aromatic carbocycles. The van der Waals surface area contributed by atoms with Gasteiger partial charge in [0.15, 0.2) is 5.69 Å². The Labute approximate surface area is 244 Å². The second kappa shape index (κ2) is 12.8. The van der Waals surface area contributed by atoms with Crippen LogP contribution in [-0.4, -0.2) is 29.5 Å². The summed E-state index contributed by atoms with van der Waals surface area (Å²) in [4.78, 5) is 20.5. The molecular weight excluding hydrogens is 607 g/mol. The molecule has 1 saturated carbocycles. The highest BCUT2D eigenvalue weighted by Gasteiger charge is 2.39. The molecule has 0 amide bonds. The Morgan fingerprint density at radius 2 is 1.52 bits per heavy atom. The zero-order chi connectivity index (χ0) is 32.3. The van der Waals surface area contributed by atoms with E-state index >= 15 is 0 Å². The monoisotopic (exact) mass is 632 g/mol. The van der Waals surface area contributed by atoms with E-state index in [1.807, 2.05) is 0 Å². The van der Waals surface area contributed by atoms with Crippen molar-refractivity contribution in [3.8, 4) is 11.3 Å². The smallest absolute Gasteiger partial charge is 0.267 e. The number of rotatable bonds is 4. The van der Waals surface area contributed by atoms with E-state index in [9.17, 15) is 44.3 Å². The summed E-state index contributed by atoms with van der Waals surface area (Å²) in [6.45, 7) is -0.635. The molecule has 0 aliphatic heterocycles. The summed E-state index contributed by atoms with van der Waals surface area (Å²) in [5.41, 5.74) is -4.12. The van der Waals surface area contributed by atoms with E-state index in [0.717, 1.165) is 80.0 Å². The number of hydrogen-bond donors (Lipinski definition) is 0. The fourth-order valence-electron chi connectivity index (χ4n) is 4.97. The van der Waals surface area contributed by atoms with Crippen LogP contribution in [0.25, 0.3) is 11.3 Å². The maximum absolute atomic E-state index is 13.7. The third-order valence-electron chi connectivity index (χ3n) is 7.03. The second-order valence-electron chi connectivity index (χ2n) is 10.0. The van der Waals surface area contributed by atoms with Crippen LogP contribution in [0.2, 0.25) is 0 Å². The molecule has 0 bridgehead atoms. The molecule has 0 saturated heterocycles. The van der Waals surface area contributed by atoms with Gasteiger partial charge in [-0.2, -0.15) is 49.7 Å². The largest absolute Gasteiger partial charge is 0.433 e. The van der Waals surface area contributed by atoms with Gasteiger partial charge in [0.25, 0.3) is 5.56 Å². The fraction of sp³-hybridized carbons (Fsp3) is 0.393. The van der Waals surface area contributed by atoms with Gasteiger partial charge in [0.2, 0.25) is 0 Å². The Kier molecular flexibility index (Phi) is 9.49. The highest BCUT2D eigenvalue weighted by Crippen LogP contribution is 2.38. The zero-order valence-corrected chi connectivity index (χ0v) is 23.0. The molecule has 0 unspecified atom stereocenters. The standard InChI is InChI=1S/C22H21F6N5O.C6H4F3N/c1-32-19(22(26,27)28)15(11-30-32)17-10-14(13-6-3-2-4-7-13)20(34)33(31-17)12-18-16(21(23,24)25)8-5-9-29-18;7-6(8,9)5-1-3-10-4-2-5/h5,8-11,13H,2-4,6-7,12H2,1H3;1-4H. The molecule has 0 spiro atoms. The predicted molar refractivity (Wildman–Crippen MR) is 139 cm³/mol. The van der Waals surface area contributed by atoms with E-state index in [1.165, 1.54) is 6.07 Å². The molecule has 0 radical (unpaired) electrons. The third-order valence-corrected chi connectivity index (χ3v) is 7.03. The lowest BCUT2D eigenvalue weighted by Gasteiger charge is -2.23.